The van der Waals surface area contributed by atoms with Crippen LogP contribution >= 0.6 is 0 Å². The van der Waals surface area contributed by atoms with Crippen LogP contribution in [-0.4, -0.2) is 29.6 Å². The summed E-state index contributed by atoms with van der Waals surface area (Å²) in [6.07, 6.45) is 6.72. The molecule has 0 aliphatic carbocycles. The highest BCUT2D eigenvalue weighted by molar-refractivity contribution is 5.93. The molecule has 0 amide bonds. The topological polar surface area (TPSA) is 90.8 Å². The number of nitrogens with zero attached hydrogens (tertiary/aromatic N) is 2. The first-order chi connectivity index (χ1) is 21.3. The Morgan fingerprint density at radius 3 is 1.16 bits per heavy atom. The van der Waals surface area contributed by atoms with E-state index in [0.717, 1.165) is 107 Å². The standard InChI is InChI=1S/C38H40N2O4/c1-25-33-23-31(43)17-19-35(33)39(37(25)27-9-13-29(41)14-10-27)21-7-5-3-4-6-8-22-40-36-20-18-32(44)24-34(36)26(2)38(40)28-11-15-30(42)16-12-28/h9-20,23-24,41-44H,3-8,21-22H2,1-2H3. The molecule has 2 heterocycles. The summed E-state index contributed by atoms with van der Waals surface area (Å²) in [6.45, 7) is 5.99. The highest BCUT2D eigenvalue weighted by atomic mass is 16.3. The number of hydrogen-bond acceptors (Lipinski definition) is 4. The molecule has 4 N–H and O–H groups in total. The molecule has 0 fully saturated rings. The maximum absolute atomic E-state index is 10.1. The van der Waals surface area contributed by atoms with Crippen molar-refractivity contribution < 1.29 is 20.4 Å². The van der Waals surface area contributed by atoms with Crippen LogP contribution in [0.25, 0.3) is 44.3 Å². The van der Waals surface area contributed by atoms with Crippen molar-refractivity contribution in [3.63, 3.8) is 0 Å². The van der Waals surface area contributed by atoms with E-state index < -0.39 is 0 Å². The van der Waals surface area contributed by atoms with E-state index in [-0.39, 0.29) is 23.0 Å². The number of aromatic nitrogens is 2. The van der Waals surface area contributed by atoms with Gasteiger partial charge in [-0.15, -0.1) is 0 Å². The number of unbranched alkanes of at least 4 members (excludes halogenated alkanes) is 5. The van der Waals surface area contributed by atoms with Crippen molar-refractivity contribution in [3.05, 3.63) is 96.1 Å². The molecular weight excluding hydrogens is 548 g/mol. The van der Waals surface area contributed by atoms with Gasteiger partial charge in [-0.25, -0.2) is 0 Å². The van der Waals surface area contributed by atoms with Gasteiger partial charge in [0.1, 0.15) is 23.0 Å². The lowest BCUT2D eigenvalue weighted by Gasteiger charge is -2.13. The number of phenolic OH excluding ortho intramolecular Hbond substituents is 4. The van der Waals surface area contributed by atoms with Gasteiger partial charge in [0.05, 0.1) is 11.4 Å². The van der Waals surface area contributed by atoms with E-state index in [9.17, 15) is 20.4 Å². The number of aromatic hydroxyl groups is 4. The van der Waals surface area contributed by atoms with Gasteiger partial charge in [0.25, 0.3) is 0 Å². The Morgan fingerprint density at radius 2 is 0.773 bits per heavy atom. The molecule has 0 aliphatic rings. The van der Waals surface area contributed by atoms with Crippen molar-refractivity contribution in [1.82, 2.24) is 9.13 Å². The minimum absolute atomic E-state index is 0.252. The number of hydrogen-bond donors (Lipinski definition) is 4. The average Bonchev–Trinajstić information content (AvgIpc) is 3.44. The number of benzene rings is 4. The molecule has 0 unspecified atom stereocenters. The van der Waals surface area contributed by atoms with Gasteiger partial charge in [0.2, 0.25) is 0 Å². The molecule has 0 bridgehead atoms. The predicted octanol–water partition coefficient (Wildman–Crippen LogP) is 9.41. The fraction of sp³-hybridized carbons (Fsp3) is 0.263. The van der Waals surface area contributed by atoms with Crippen molar-refractivity contribution >= 4 is 21.8 Å². The second kappa shape index (κ2) is 12.4. The quantitative estimate of drug-likeness (QED) is 0.114. The Balaban J connectivity index is 1.09. The lowest BCUT2D eigenvalue weighted by Crippen LogP contribution is -2.02. The largest absolute Gasteiger partial charge is 0.508 e. The second-order valence-electron chi connectivity index (χ2n) is 11.9. The van der Waals surface area contributed by atoms with Gasteiger partial charge in [0.15, 0.2) is 0 Å². The SMILES string of the molecule is Cc1c(-c2ccc(O)cc2)n(CCCCCCCCn2c(-c3ccc(O)cc3)c(C)c3cc(O)ccc32)c2ccc(O)cc12. The molecule has 226 valence electrons. The molecule has 0 aliphatic heterocycles. The van der Waals surface area contributed by atoms with E-state index in [1.807, 2.05) is 48.5 Å². The van der Waals surface area contributed by atoms with Crippen LogP contribution in [0.3, 0.4) is 0 Å². The fourth-order valence-electron chi connectivity index (χ4n) is 6.72. The van der Waals surface area contributed by atoms with E-state index in [0.29, 0.717) is 0 Å². The average molecular weight is 589 g/mol. The molecule has 0 saturated heterocycles. The van der Waals surface area contributed by atoms with E-state index in [4.69, 9.17) is 0 Å². The maximum atomic E-state index is 10.1. The molecule has 0 atom stereocenters. The zero-order chi connectivity index (χ0) is 30.8. The molecule has 6 aromatic rings. The number of aryl methyl sites for hydroxylation is 4. The lowest BCUT2D eigenvalue weighted by molar-refractivity contribution is 0.475. The Kier molecular flexibility index (Phi) is 8.25. The molecule has 4 aromatic carbocycles. The van der Waals surface area contributed by atoms with Crippen molar-refractivity contribution in [2.45, 2.75) is 65.5 Å². The van der Waals surface area contributed by atoms with Crippen LogP contribution in [0.2, 0.25) is 0 Å². The summed E-state index contributed by atoms with van der Waals surface area (Å²) in [4.78, 5) is 0. The van der Waals surface area contributed by atoms with Crippen molar-refractivity contribution in [2.75, 3.05) is 0 Å². The van der Waals surface area contributed by atoms with Crippen molar-refractivity contribution in [2.24, 2.45) is 0 Å². The van der Waals surface area contributed by atoms with Crippen LogP contribution in [0.15, 0.2) is 84.9 Å². The lowest BCUT2D eigenvalue weighted by atomic mass is 10.1. The number of rotatable bonds is 11. The summed E-state index contributed by atoms with van der Waals surface area (Å²) in [7, 11) is 0. The number of fused-ring (bicyclic) bond motifs is 2. The first kappa shape index (κ1) is 29.2. The third-order valence-electron chi connectivity index (χ3n) is 8.90. The van der Waals surface area contributed by atoms with E-state index in [2.05, 4.69) is 23.0 Å². The summed E-state index contributed by atoms with van der Waals surface area (Å²) < 4.78 is 4.72. The van der Waals surface area contributed by atoms with Gasteiger partial charge in [-0.2, -0.15) is 0 Å². The second-order valence-corrected chi connectivity index (χ2v) is 11.9. The van der Waals surface area contributed by atoms with Gasteiger partial charge in [-0.1, -0.05) is 25.7 Å². The van der Waals surface area contributed by atoms with Crippen LogP contribution in [0, 0.1) is 13.8 Å². The zero-order valence-corrected chi connectivity index (χ0v) is 25.4. The van der Waals surface area contributed by atoms with Gasteiger partial charge >= 0.3 is 0 Å². The van der Waals surface area contributed by atoms with Gasteiger partial charge in [-0.3, -0.25) is 0 Å². The summed E-state index contributed by atoms with van der Waals surface area (Å²) in [6, 6.07) is 25.9. The smallest absolute Gasteiger partial charge is 0.116 e. The van der Waals surface area contributed by atoms with Gasteiger partial charge in [0, 0.05) is 34.9 Å². The first-order valence-corrected chi connectivity index (χ1v) is 15.5. The maximum Gasteiger partial charge on any atom is 0.116 e. The molecule has 6 rings (SSSR count). The van der Waals surface area contributed by atoms with Gasteiger partial charge in [-0.05, 0) is 134 Å². The van der Waals surface area contributed by atoms with E-state index in [1.54, 1.807) is 36.4 Å². The summed E-state index contributed by atoms with van der Waals surface area (Å²) >= 11 is 0. The Labute approximate surface area is 258 Å². The molecule has 0 saturated carbocycles. The van der Waals surface area contributed by atoms with Crippen LogP contribution in [-0.2, 0) is 13.1 Å². The predicted molar refractivity (Wildman–Crippen MR) is 179 cm³/mol. The highest BCUT2D eigenvalue weighted by Gasteiger charge is 2.18. The molecule has 6 heteroatoms. The van der Waals surface area contributed by atoms with Crippen molar-refractivity contribution in [3.8, 4) is 45.5 Å². The molecular formula is C38H40N2O4. The highest BCUT2D eigenvalue weighted by Crippen LogP contribution is 2.37. The van der Waals surface area contributed by atoms with Crippen LogP contribution < -0.4 is 0 Å². The molecule has 0 spiro atoms. The van der Waals surface area contributed by atoms with Gasteiger partial charge < -0.3 is 29.6 Å². The fourth-order valence-corrected chi connectivity index (χ4v) is 6.72. The summed E-state index contributed by atoms with van der Waals surface area (Å²) in [5.74, 6) is 1.04. The molecule has 44 heavy (non-hydrogen) atoms. The minimum Gasteiger partial charge on any atom is -0.508 e. The number of phenols is 4. The normalized spacial score (nSPS) is 11.6. The van der Waals surface area contributed by atoms with E-state index in [1.165, 1.54) is 0 Å². The first-order valence-electron chi connectivity index (χ1n) is 15.5. The Bertz CT molecular complexity index is 1770. The Morgan fingerprint density at radius 1 is 0.432 bits per heavy atom. The Hall–Kier alpha value is -4.84. The van der Waals surface area contributed by atoms with Crippen LogP contribution in [0.5, 0.6) is 23.0 Å². The third-order valence-corrected chi connectivity index (χ3v) is 8.90. The van der Waals surface area contributed by atoms with Crippen LogP contribution in [0.4, 0.5) is 0 Å². The molecule has 0 radical (unpaired) electrons. The zero-order valence-electron chi connectivity index (χ0n) is 25.4. The monoisotopic (exact) mass is 588 g/mol. The molecule has 6 nitrogen and oxygen atoms in total. The molecule has 2 aromatic heterocycles. The third kappa shape index (κ3) is 5.72. The van der Waals surface area contributed by atoms with Crippen LogP contribution in [0.1, 0.15) is 49.7 Å². The minimum atomic E-state index is 0.252. The summed E-state index contributed by atoms with van der Waals surface area (Å²) in [5.41, 5.74) is 8.91. The van der Waals surface area contributed by atoms with Crippen molar-refractivity contribution in [1.29, 1.82) is 0 Å². The summed E-state index contributed by atoms with van der Waals surface area (Å²) in [5, 5.41) is 42.0. The van der Waals surface area contributed by atoms with E-state index >= 15 is 0 Å².